The zero-order chi connectivity index (χ0) is 26.5. The number of nitrogens with zero attached hydrogens (tertiary/aromatic N) is 1. The van der Waals surface area contributed by atoms with Gasteiger partial charge in [-0.1, -0.05) is 24.3 Å². The Hall–Kier alpha value is -3.10. The first kappa shape index (κ1) is 28.5. The van der Waals surface area contributed by atoms with E-state index in [4.69, 9.17) is 15.2 Å². The van der Waals surface area contributed by atoms with Gasteiger partial charge in [0.05, 0.1) is 46.4 Å². The summed E-state index contributed by atoms with van der Waals surface area (Å²) in [4.78, 5) is 22.7. The minimum absolute atomic E-state index is 0.0852. The van der Waals surface area contributed by atoms with Crippen molar-refractivity contribution in [3.8, 4) is 11.5 Å². The van der Waals surface area contributed by atoms with Crippen molar-refractivity contribution in [3.05, 3.63) is 59.7 Å². The van der Waals surface area contributed by atoms with Crippen LogP contribution in [-0.4, -0.2) is 76.1 Å². The lowest BCUT2D eigenvalue weighted by Crippen LogP contribution is -2.58. The van der Waals surface area contributed by atoms with E-state index in [0.29, 0.717) is 11.5 Å². The lowest BCUT2D eigenvalue weighted by atomic mass is 10.00. The van der Waals surface area contributed by atoms with Crippen molar-refractivity contribution in [1.29, 1.82) is 0 Å². The van der Waals surface area contributed by atoms with Gasteiger partial charge in [0.25, 0.3) is 0 Å². The van der Waals surface area contributed by atoms with Gasteiger partial charge >= 0.3 is 11.9 Å². The zero-order valence-corrected chi connectivity index (χ0v) is 22.2. The Labute approximate surface area is 220 Å². The second-order valence-corrected chi connectivity index (χ2v) is 9.83. The van der Waals surface area contributed by atoms with E-state index in [2.05, 4.69) is 21.6 Å². The van der Waals surface area contributed by atoms with Crippen LogP contribution in [0, 0.1) is 0 Å². The zero-order valence-electron chi connectivity index (χ0n) is 22.2. The smallest absolute Gasteiger partial charge is 0.343 e. The van der Waals surface area contributed by atoms with Crippen LogP contribution >= 0.6 is 0 Å². The van der Waals surface area contributed by atoms with E-state index in [1.807, 2.05) is 36.4 Å². The van der Waals surface area contributed by atoms with Crippen LogP contribution in [0.2, 0.25) is 0 Å². The van der Waals surface area contributed by atoms with Gasteiger partial charge in [0.2, 0.25) is 0 Å². The molecule has 0 radical (unpaired) electrons. The number of likely N-dealkylation sites (tertiary alicyclic amines) is 1. The van der Waals surface area contributed by atoms with E-state index >= 15 is 0 Å². The van der Waals surface area contributed by atoms with Gasteiger partial charge in [0.1, 0.15) is 11.5 Å². The van der Waals surface area contributed by atoms with E-state index in [0.717, 1.165) is 69.2 Å². The Kier molecular flexibility index (Phi) is 11.2. The number of hydrogen-bond donors (Lipinski definition) is 1. The normalized spacial score (nSPS) is 16.6. The fourth-order valence-corrected chi connectivity index (χ4v) is 5.11. The van der Waals surface area contributed by atoms with Crippen LogP contribution in [0.5, 0.6) is 11.5 Å². The highest BCUT2D eigenvalue weighted by Crippen LogP contribution is 2.23. The number of quaternary nitrogens is 1. The van der Waals surface area contributed by atoms with Crippen molar-refractivity contribution in [2.45, 2.75) is 44.6 Å². The van der Waals surface area contributed by atoms with Crippen LogP contribution in [0.3, 0.4) is 0 Å². The van der Waals surface area contributed by atoms with Gasteiger partial charge in [-0.25, -0.2) is 9.59 Å². The summed E-state index contributed by atoms with van der Waals surface area (Å²) in [6, 6.07) is 16.1. The SMILES string of the molecule is COC(=O)COc1cccc(CCC[N+]2(CCCc3cccc(OCC(=O)OC)c3)CCC[C@H](N)C2)c1. The van der Waals surface area contributed by atoms with Crippen molar-refractivity contribution < 1.29 is 33.0 Å². The monoisotopic (exact) mass is 513 g/mol. The molecule has 0 saturated carbocycles. The van der Waals surface area contributed by atoms with Crippen molar-refractivity contribution in [3.63, 3.8) is 0 Å². The first-order valence-corrected chi connectivity index (χ1v) is 13.1. The molecule has 2 N–H and O–H groups in total. The number of rotatable bonds is 14. The first-order valence-electron chi connectivity index (χ1n) is 13.1. The Balaban J connectivity index is 1.52. The third-order valence-corrected chi connectivity index (χ3v) is 6.99. The summed E-state index contributed by atoms with van der Waals surface area (Å²) in [5.74, 6) is 0.589. The largest absolute Gasteiger partial charge is 0.482 e. The van der Waals surface area contributed by atoms with Crippen molar-refractivity contribution in [1.82, 2.24) is 0 Å². The van der Waals surface area contributed by atoms with Gasteiger partial charge in [-0.3, -0.25) is 0 Å². The van der Waals surface area contributed by atoms with Gasteiger partial charge in [0, 0.05) is 12.8 Å². The Bertz CT molecular complexity index is 942. The second-order valence-electron chi connectivity index (χ2n) is 9.83. The summed E-state index contributed by atoms with van der Waals surface area (Å²) in [7, 11) is 2.71. The van der Waals surface area contributed by atoms with Crippen molar-refractivity contribution >= 4 is 11.9 Å². The van der Waals surface area contributed by atoms with E-state index in [1.165, 1.54) is 25.3 Å². The molecule has 1 fully saturated rings. The van der Waals surface area contributed by atoms with Gasteiger partial charge in [-0.05, 0) is 61.1 Å². The number of ether oxygens (including phenoxy) is 4. The third-order valence-electron chi connectivity index (χ3n) is 6.99. The highest BCUT2D eigenvalue weighted by atomic mass is 16.6. The summed E-state index contributed by atoms with van der Waals surface area (Å²) < 4.78 is 21.4. The lowest BCUT2D eigenvalue weighted by Gasteiger charge is -2.44. The molecular weight excluding hydrogens is 472 g/mol. The number of carbonyl (C=O) groups is 2. The molecule has 8 nitrogen and oxygen atoms in total. The van der Waals surface area contributed by atoms with Gasteiger partial charge in [-0.15, -0.1) is 0 Å². The molecule has 3 rings (SSSR count). The van der Waals surface area contributed by atoms with E-state index in [1.54, 1.807) is 0 Å². The lowest BCUT2D eigenvalue weighted by molar-refractivity contribution is -0.933. The molecule has 0 aliphatic carbocycles. The molecule has 1 aliphatic rings. The van der Waals surface area contributed by atoms with Crippen molar-refractivity contribution in [2.75, 3.05) is 53.6 Å². The molecule has 0 aromatic heterocycles. The van der Waals surface area contributed by atoms with Crippen LogP contribution in [0.25, 0.3) is 0 Å². The van der Waals surface area contributed by atoms with Gasteiger partial charge in [0.15, 0.2) is 13.2 Å². The summed E-state index contributed by atoms with van der Waals surface area (Å²) in [6.45, 7) is 4.19. The first-order chi connectivity index (χ1) is 17.9. The second kappa shape index (κ2) is 14.6. The van der Waals surface area contributed by atoms with Gasteiger partial charge < -0.3 is 29.2 Å². The molecule has 2 aromatic rings. The number of carbonyl (C=O) groups excluding carboxylic acids is 2. The highest BCUT2D eigenvalue weighted by Gasteiger charge is 2.32. The molecule has 0 amide bonds. The number of hydrogen-bond acceptors (Lipinski definition) is 7. The number of methoxy groups -OCH3 is 2. The summed E-state index contributed by atoms with van der Waals surface area (Å²) in [5, 5.41) is 0. The molecule has 1 aliphatic heterocycles. The van der Waals surface area contributed by atoms with Gasteiger partial charge in [-0.2, -0.15) is 0 Å². The molecule has 37 heavy (non-hydrogen) atoms. The number of esters is 2. The Morgan fingerprint density at radius 1 is 0.865 bits per heavy atom. The maximum atomic E-state index is 11.4. The maximum Gasteiger partial charge on any atom is 0.343 e. The molecule has 1 saturated heterocycles. The van der Waals surface area contributed by atoms with Crippen LogP contribution in [0.4, 0.5) is 0 Å². The molecule has 0 bridgehead atoms. The molecule has 0 spiro atoms. The van der Waals surface area contributed by atoms with Crippen molar-refractivity contribution in [2.24, 2.45) is 5.73 Å². The minimum atomic E-state index is -0.390. The molecule has 2 aromatic carbocycles. The predicted molar refractivity (Wildman–Crippen MR) is 141 cm³/mol. The maximum absolute atomic E-state index is 11.4. The Morgan fingerprint density at radius 2 is 1.38 bits per heavy atom. The molecule has 8 heteroatoms. The highest BCUT2D eigenvalue weighted by molar-refractivity contribution is 5.71. The molecular formula is C29H41N2O6+. The quantitative estimate of drug-likeness (QED) is 0.306. The minimum Gasteiger partial charge on any atom is -0.482 e. The molecule has 0 unspecified atom stereocenters. The number of benzene rings is 2. The average molecular weight is 514 g/mol. The fourth-order valence-electron chi connectivity index (χ4n) is 5.11. The fraction of sp³-hybridized carbons (Fsp3) is 0.517. The number of nitrogens with two attached hydrogens (primary N) is 1. The summed E-state index contributed by atoms with van der Waals surface area (Å²) in [6.07, 6.45) is 6.27. The van der Waals surface area contributed by atoms with E-state index < -0.39 is 11.9 Å². The predicted octanol–water partition coefficient (Wildman–Crippen LogP) is 3.29. The average Bonchev–Trinajstić information content (AvgIpc) is 2.91. The Morgan fingerprint density at radius 3 is 1.84 bits per heavy atom. The van der Waals surface area contributed by atoms with Crippen LogP contribution in [0.1, 0.15) is 36.8 Å². The number of aryl methyl sites for hydroxylation is 2. The number of piperidine rings is 1. The molecule has 202 valence electrons. The topological polar surface area (TPSA) is 97.1 Å². The van der Waals surface area contributed by atoms with E-state index in [9.17, 15) is 9.59 Å². The third kappa shape index (κ3) is 9.70. The summed E-state index contributed by atoms with van der Waals surface area (Å²) >= 11 is 0. The van der Waals surface area contributed by atoms with Crippen LogP contribution in [-0.2, 0) is 31.9 Å². The molecule has 1 heterocycles. The van der Waals surface area contributed by atoms with Crippen LogP contribution in [0.15, 0.2) is 48.5 Å². The summed E-state index contributed by atoms with van der Waals surface area (Å²) in [5.41, 5.74) is 8.83. The van der Waals surface area contributed by atoms with Crippen LogP contribution < -0.4 is 15.2 Å². The van der Waals surface area contributed by atoms with E-state index in [-0.39, 0.29) is 19.3 Å². The molecule has 1 atom stereocenters. The standard InChI is InChI=1S/C29H41N2O6/c1-34-28(32)21-36-26-13-3-8-23(18-26)10-5-15-31(17-7-12-25(30)20-31)16-6-11-24-9-4-14-27(19-24)37-22-29(33)35-2/h3-4,8-9,13-14,18-19,25H,5-7,10-12,15-17,20-22,30H2,1-2H3/q+1/t25-/m0/s1.